The lowest BCUT2D eigenvalue weighted by Crippen LogP contribution is -2.44. The van der Waals surface area contributed by atoms with E-state index < -0.39 is 6.10 Å². The van der Waals surface area contributed by atoms with Crippen molar-refractivity contribution in [2.45, 2.75) is 65.2 Å². The summed E-state index contributed by atoms with van der Waals surface area (Å²) < 4.78 is 12.1. The first kappa shape index (κ1) is 19.3. The summed E-state index contributed by atoms with van der Waals surface area (Å²) >= 11 is 0. The van der Waals surface area contributed by atoms with Crippen molar-refractivity contribution < 1.29 is 14.3 Å². The Morgan fingerprint density at radius 3 is 2.78 bits per heavy atom. The fourth-order valence-electron chi connectivity index (χ4n) is 3.55. The van der Waals surface area contributed by atoms with Gasteiger partial charge in [-0.15, -0.1) is 0 Å². The molecule has 1 N–H and O–H groups in total. The van der Waals surface area contributed by atoms with E-state index in [0.29, 0.717) is 6.42 Å². The first-order valence-electron chi connectivity index (χ1n) is 9.63. The molecule has 1 heterocycles. The molecular formula is C23H29NO3. The van der Waals surface area contributed by atoms with Crippen molar-refractivity contribution >= 4 is 5.91 Å². The maximum atomic E-state index is 12.8. The van der Waals surface area contributed by atoms with Crippen molar-refractivity contribution in [3.8, 4) is 11.5 Å². The van der Waals surface area contributed by atoms with Crippen LogP contribution in [-0.2, 0) is 11.2 Å². The number of ether oxygens (including phenoxy) is 2. The summed E-state index contributed by atoms with van der Waals surface area (Å²) in [6.45, 7) is 10.0. The minimum absolute atomic E-state index is 0.0939. The lowest BCUT2D eigenvalue weighted by Gasteiger charge is -2.38. The number of fused-ring (bicyclic) bond motifs is 1. The van der Waals surface area contributed by atoms with Crippen molar-refractivity contribution in [1.82, 2.24) is 5.32 Å². The van der Waals surface area contributed by atoms with Crippen LogP contribution in [0.2, 0.25) is 0 Å². The number of hydrogen-bond donors (Lipinski definition) is 1. The molecule has 0 unspecified atom stereocenters. The number of para-hydroxylation sites is 1. The normalized spacial score (nSPS) is 18.8. The molecule has 2 aromatic carbocycles. The Kier molecular flexibility index (Phi) is 5.45. The van der Waals surface area contributed by atoms with E-state index in [4.69, 9.17) is 9.47 Å². The van der Waals surface area contributed by atoms with Crippen LogP contribution in [0.5, 0.6) is 11.5 Å². The smallest absolute Gasteiger partial charge is 0.261 e. The second-order valence-corrected chi connectivity index (χ2v) is 7.89. The molecule has 4 heteroatoms. The topological polar surface area (TPSA) is 47.6 Å². The molecule has 1 amide bonds. The van der Waals surface area contributed by atoms with Gasteiger partial charge in [-0.2, -0.15) is 0 Å². The summed E-state index contributed by atoms with van der Waals surface area (Å²) in [6, 6.07) is 13.9. The zero-order chi connectivity index (χ0) is 19.6. The highest BCUT2D eigenvalue weighted by molar-refractivity contribution is 5.81. The maximum Gasteiger partial charge on any atom is 0.261 e. The van der Waals surface area contributed by atoms with Crippen molar-refractivity contribution in [2.24, 2.45) is 0 Å². The molecule has 0 aromatic heterocycles. The molecule has 0 saturated heterocycles. The SMILES string of the molecule is CCc1ccccc1O[C@@H](C)C(=O)N[C@H]1CC(C)(C)Oc2ccc(C)cc21. The lowest BCUT2D eigenvalue weighted by atomic mass is 9.89. The average molecular weight is 367 g/mol. The summed E-state index contributed by atoms with van der Waals surface area (Å²) in [5.41, 5.74) is 2.95. The van der Waals surface area contributed by atoms with Crippen LogP contribution in [-0.4, -0.2) is 17.6 Å². The van der Waals surface area contributed by atoms with Crippen molar-refractivity contribution in [3.63, 3.8) is 0 Å². The molecule has 0 aliphatic carbocycles. The van der Waals surface area contributed by atoms with E-state index >= 15 is 0 Å². The largest absolute Gasteiger partial charge is 0.487 e. The molecule has 0 radical (unpaired) electrons. The van der Waals surface area contributed by atoms with Crippen LogP contribution in [0.3, 0.4) is 0 Å². The molecule has 1 aliphatic rings. The maximum absolute atomic E-state index is 12.8. The summed E-state index contributed by atoms with van der Waals surface area (Å²) in [7, 11) is 0. The minimum Gasteiger partial charge on any atom is -0.487 e. The first-order valence-corrected chi connectivity index (χ1v) is 9.63. The number of rotatable bonds is 5. The minimum atomic E-state index is -0.572. The molecule has 2 atom stereocenters. The first-order chi connectivity index (χ1) is 12.8. The third kappa shape index (κ3) is 4.44. The van der Waals surface area contributed by atoms with Gasteiger partial charge >= 0.3 is 0 Å². The summed E-state index contributed by atoms with van der Waals surface area (Å²) in [5.74, 6) is 1.49. The number of nitrogens with one attached hydrogen (secondary N) is 1. The van der Waals surface area contributed by atoms with Gasteiger partial charge < -0.3 is 14.8 Å². The number of amides is 1. The van der Waals surface area contributed by atoms with Gasteiger partial charge in [-0.05, 0) is 51.8 Å². The number of aryl methyl sites for hydroxylation is 2. The molecular weight excluding hydrogens is 338 g/mol. The summed E-state index contributed by atoms with van der Waals surface area (Å²) in [5, 5.41) is 3.17. The number of benzene rings is 2. The van der Waals surface area contributed by atoms with E-state index in [2.05, 4.69) is 18.3 Å². The second-order valence-electron chi connectivity index (χ2n) is 7.89. The van der Waals surface area contributed by atoms with E-state index in [9.17, 15) is 4.79 Å². The van der Waals surface area contributed by atoms with Gasteiger partial charge in [-0.3, -0.25) is 4.79 Å². The molecule has 2 aromatic rings. The van der Waals surface area contributed by atoms with E-state index in [1.54, 1.807) is 6.92 Å². The summed E-state index contributed by atoms with van der Waals surface area (Å²) in [4.78, 5) is 12.8. The highest BCUT2D eigenvalue weighted by atomic mass is 16.5. The van der Waals surface area contributed by atoms with E-state index in [-0.39, 0.29) is 17.6 Å². The predicted molar refractivity (Wildman–Crippen MR) is 107 cm³/mol. The Balaban J connectivity index is 1.76. The van der Waals surface area contributed by atoms with Gasteiger partial charge in [-0.25, -0.2) is 0 Å². The summed E-state index contributed by atoms with van der Waals surface area (Å²) in [6.07, 6.45) is 1.01. The molecule has 0 fully saturated rings. The zero-order valence-corrected chi connectivity index (χ0v) is 16.8. The van der Waals surface area contributed by atoms with Crippen LogP contribution in [0.25, 0.3) is 0 Å². The van der Waals surface area contributed by atoms with E-state index in [1.165, 1.54) is 0 Å². The number of hydrogen-bond acceptors (Lipinski definition) is 3. The van der Waals surface area contributed by atoms with Crippen LogP contribution >= 0.6 is 0 Å². The number of carbonyl (C=O) groups is 1. The molecule has 4 nitrogen and oxygen atoms in total. The molecule has 0 saturated carbocycles. The van der Waals surface area contributed by atoms with Crippen molar-refractivity contribution in [3.05, 3.63) is 59.2 Å². The Morgan fingerprint density at radius 2 is 2.04 bits per heavy atom. The predicted octanol–water partition coefficient (Wildman–Crippen LogP) is 4.74. The van der Waals surface area contributed by atoms with Crippen LogP contribution in [0.15, 0.2) is 42.5 Å². The van der Waals surface area contributed by atoms with Crippen LogP contribution in [0.4, 0.5) is 0 Å². The molecule has 27 heavy (non-hydrogen) atoms. The Labute approximate surface area is 161 Å². The van der Waals surface area contributed by atoms with Crippen LogP contribution in [0, 0.1) is 6.92 Å². The average Bonchev–Trinajstić information content (AvgIpc) is 2.62. The van der Waals surface area contributed by atoms with Crippen LogP contribution < -0.4 is 14.8 Å². The number of carbonyl (C=O) groups excluding carboxylic acids is 1. The van der Waals surface area contributed by atoms with Gasteiger partial charge in [0.25, 0.3) is 5.91 Å². The highest BCUT2D eigenvalue weighted by Gasteiger charge is 2.35. The quantitative estimate of drug-likeness (QED) is 0.830. The Hall–Kier alpha value is -2.49. The van der Waals surface area contributed by atoms with Gasteiger partial charge in [-0.1, -0.05) is 42.8 Å². The fourth-order valence-corrected chi connectivity index (χ4v) is 3.55. The zero-order valence-electron chi connectivity index (χ0n) is 16.8. The Morgan fingerprint density at radius 1 is 1.30 bits per heavy atom. The third-order valence-corrected chi connectivity index (χ3v) is 4.97. The van der Waals surface area contributed by atoms with Crippen molar-refractivity contribution in [2.75, 3.05) is 0 Å². The highest BCUT2D eigenvalue weighted by Crippen LogP contribution is 2.39. The van der Waals surface area contributed by atoms with Gasteiger partial charge in [0.05, 0.1) is 6.04 Å². The monoisotopic (exact) mass is 367 g/mol. The molecule has 1 aliphatic heterocycles. The Bertz CT molecular complexity index is 828. The van der Waals surface area contributed by atoms with Gasteiger partial charge in [0.15, 0.2) is 6.10 Å². The van der Waals surface area contributed by atoms with Gasteiger partial charge in [0.2, 0.25) is 0 Å². The molecule has 144 valence electrons. The lowest BCUT2D eigenvalue weighted by molar-refractivity contribution is -0.128. The standard InChI is InChI=1S/C23H29NO3/c1-6-17-9-7-8-10-20(17)26-16(3)22(25)24-19-14-23(4,5)27-21-12-11-15(2)13-18(19)21/h7-13,16,19H,6,14H2,1-5H3,(H,24,25)/t16-,19-/m0/s1. The molecule has 3 rings (SSSR count). The van der Waals surface area contributed by atoms with E-state index in [1.807, 2.05) is 57.2 Å². The van der Waals surface area contributed by atoms with Gasteiger partial charge in [0.1, 0.15) is 17.1 Å². The van der Waals surface area contributed by atoms with Crippen LogP contribution in [0.1, 0.15) is 56.8 Å². The van der Waals surface area contributed by atoms with Crippen molar-refractivity contribution in [1.29, 1.82) is 0 Å². The van der Waals surface area contributed by atoms with E-state index in [0.717, 1.165) is 34.6 Å². The second kappa shape index (κ2) is 7.63. The fraction of sp³-hybridized carbons (Fsp3) is 0.435. The third-order valence-electron chi connectivity index (χ3n) is 4.97. The molecule has 0 spiro atoms. The molecule has 0 bridgehead atoms. The van der Waals surface area contributed by atoms with Gasteiger partial charge in [0, 0.05) is 12.0 Å².